The van der Waals surface area contributed by atoms with Gasteiger partial charge in [0.1, 0.15) is 6.07 Å². The molecule has 0 unspecified atom stereocenters. The maximum absolute atomic E-state index is 11.0. The van der Waals surface area contributed by atoms with Crippen molar-refractivity contribution in [3.05, 3.63) is 205 Å². The van der Waals surface area contributed by atoms with Gasteiger partial charge in [0.2, 0.25) is 5.69 Å². The molecular weight excluding hydrogens is 751 g/mol. The van der Waals surface area contributed by atoms with Crippen LogP contribution in [0.1, 0.15) is 5.56 Å². The number of nitriles is 1. The highest BCUT2D eigenvalue weighted by atomic mass is 32.1. The summed E-state index contributed by atoms with van der Waals surface area (Å²) in [5.74, 6) is 0. The lowest BCUT2D eigenvalue weighted by Crippen LogP contribution is -2.09. The number of nitrogens with zero attached hydrogens (tertiary/aromatic N) is 5. The molecule has 6 heteroatoms. The average molecular weight is 782 g/mol. The van der Waals surface area contributed by atoms with Crippen molar-refractivity contribution in [3.63, 3.8) is 0 Å². The zero-order valence-corrected chi connectivity index (χ0v) is 32.9. The van der Waals surface area contributed by atoms with E-state index in [0.29, 0.717) is 22.6 Å². The molecule has 0 saturated heterocycles. The van der Waals surface area contributed by atoms with Gasteiger partial charge in [-0.05, 0) is 95.7 Å². The highest BCUT2D eigenvalue weighted by Crippen LogP contribution is 2.45. The first-order valence-electron chi connectivity index (χ1n) is 19.9. The molecule has 5 nitrogen and oxygen atoms in total. The van der Waals surface area contributed by atoms with Gasteiger partial charge in [0.25, 0.3) is 0 Å². The Morgan fingerprint density at radius 2 is 1.12 bits per heavy atom. The second-order valence-corrected chi connectivity index (χ2v) is 16.2. The Hall–Kier alpha value is -8.16. The average Bonchev–Trinajstić information content (AvgIpc) is 3.95. The zero-order valence-electron chi connectivity index (χ0n) is 32.0. The van der Waals surface area contributed by atoms with Crippen molar-refractivity contribution in [1.82, 2.24) is 9.13 Å². The minimum Gasteiger partial charge on any atom is -0.319 e. The van der Waals surface area contributed by atoms with Crippen molar-refractivity contribution >= 4 is 109 Å². The van der Waals surface area contributed by atoms with Gasteiger partial charge in [0, 0.05) is 58.8 Å². The number of anilines is 3. The van der Waals surface area contributed by atoms with E-state index in [0.717, 1.165) is 71.4 Å². The lowest BCUT2D eigenvalue weighted by Gasteiger charge is -2.25. The Labute approximate surface area is 348 Å². The van der Waals surface area contributed by atoms with Crippen LogP contribution in [0.5, 0.6) is 0 Å². The number of para-hydroxylation sites is 3. The van der Waals surface area contributed by atoms with Crippen LogP contribution in [-0.4, -0.2) is 9.13 Å². The molecule has 0 saturated carbocycles. The van der Waals surface area contributed by atoms with Crippen LogP contribution in [0.25, 0.3) is 90.8 Å². The summed E-state index contributed by atoms with van der Waals surface area (Å²) in [6, 6.07) is 68.1. The number of hydrogen-bond donors (Lipinski definition) is 0. The summed E-state index contributed by atoms with van der Waals surface area (Å²) in [5.41, 5.74) is 9.36. The van der Waals surface area contributed by atoms with E-state index < -0.39 is 0 Å². The second kappa shape index (κ2) is 13.2. The summed E-state index contributed by atoms with van der Waals surface area (Å²) in [5, 5.41) is 20.1. The van der Waals surface area contributed by atoms with Gasteiger partial charge in [-0.15, -0.1) is 11.3 Å². The van der Waals surface area contributed by atoms with Gasteiger partial charge in [-0.25, -0.2) is 4.85 Å². The van der Waals surface area contributed by atoms with Gasteiger partial charge >= 0.3 is 0 Å². The highest BCUT2D eigenvalue weighted by Gasteiger charge is 2.23. The van der Waals surface area contributed by atoms with E-state index in [9.17, 15) is 5.26 Å². The van der Waals surface area contributed by atoms with Crippen LogP contribution in [0, 0.1) is 17.9 Å². The Kier molecular flexibility index (Phi) is 7.46. The standard InChI is InChI=1S/C54H31N5S/c1-56-45-31-49(59-46-22-12-10-20-40(46)42-30-43-41-21-11-13-23-52(41)60-53(43)32-50(42)59)35(33-55)28-51(45)58-47-27-25-38(57(36-15-4-2-5-16-36)37-17-6-3-7-18-37)29-44(47)54-39-19-9-8-14-34(39)24-26-48(54)58/h2-32H. The molecule has 0 spiro atoms. The molecule has 0 N–H and O–H groups in total. The molecule has 3 heterocycles. The fourth-order valence-corrected chi connectivity index (χ4v) is 10.5. The first-order valence-corrected chi connectivity index (χ1v) is 20.7. The molecule has 12 aromatic rings. The predicted octanol–water partition coefficient (Wildman–Crippen LogP) is 15.3. The largest absolute Gasteiger partial charge is 0.319 e. The van der Waals surface area contributed by atoms with Crippen molar-refractivity contribution < 1.29 is 0 Å². The molecule has 0 aliphatic heterocycles. The van der Waals surface area contributed by atoms with Gasteiger partial charge in [0.05, 0.1) is 45.6 Å². The molecule has 0 aliphatic carbocycles. The van der Waals surface area contributed by atoms with E-state index >= 15 is 0 Å². The molecule has 3 aromatic heterocycles. The normalized spacial score (nSPS) is 11.6. The molecule has 9 aromatic carbocycles. The fraction of sp³-hybridized carbons (Fsp3) is 0. The zero-order chi connectivity index (χ0) is 39.9. The van der Waals surface area contributed by atoms with Gasteiger partial charge in [-0.2, -0.15) is 5.26 Å². The first-order chi connectivity index (χ1) is 29.7. The molecule has 0 radical (unpaired) electrons. The van der Waals surface area contributed by atoms with Crippen LogP contribution in [-0.2, 0) is 0 Å². The van der Waals surface area contributed by atoms with E-state index in [1.807, 2.05) is 30.3 Å². The third-order valence-electron chi connectivity index (χ3n) is 11.9. The summed E-state index contributed by atoms with van der Waals surface area (Å²) in [6.07, 6.45) is 0. The number of benzene rings is 9. The number of rotatable bonds is 5. The summed E-state index contributed by atoms with van der Waals surface area (Å²) >= 11 is 1.78. The molecule has 60 heavy (non-hydrogen) atoms. The van der Waals surface area contributed by atoms with Gasteiger partial charge in [-0.1, -0.05) is 103 Å². The monoisotopic (exact) mass is 781 g/mol. The third-order valence-corrected chi connectivity index (χ3v) is 13.0. The van der Waals surface area contributed by atoms with Crippen molar-refractivity contribution in [2.45, 2.75) is 0 Å². The maximum atomic E-state index is 11.0. The number of aromatic nitrogens is 2. The lowest BCUT2D eigenvalue weighted by molar-refractivity contribution is 1.14. The van der Waals surface area contributed by atoms with E-state index in [4.69, 9.17) is 6.57 Å². The molecule has 0 fully saturated rings. The van der Waals surface area contributed by atoms with Crippen molar-refractivity contribution in [2.75, 3.05) is 4.90 Å². The smallest absolute Gasteiger partial charge is 0.212 e. The van der Waals surface area contributed by atoms with Crippen LogP contribution in [0.4, 0.5) is 22.7 Å². The quantitative estimate of drug-likeness (QED) is 0.163. The van der Waals surface area contributed by atoms with Crippen LogP contribution in [0.15, 0.2) is 188 Å². The van der Waals surface area contributed by atoms with Crippen LogP contribution < -0.4 is 4.90 Å². The second-order valence-electron chi connectivity index (χ2n) is 15.1. The van der Waals surface area contributed by atoms with Gasteiger partial charge < -0.3 is 14.0 Å². The van der Waals surface area contributed by atoms with Crippen molar-refractivity contribution in [1.29, 1.82) is 5.26 Å². The molecule has 12 rings (SSSR count). The Balaban J connectivity index is 1.13. The molecule has 0 bridgehead atoms. The SMILES string of the molecule is [C-]#[N+]c1cc(-n2c3ccccc3c3cc4c(cc32)sc2ccccc24)c(C#N)cc1-n1c2ccc(N(c3ccccc3)c3ccccc3)cc2c2c3ccccc3ccc21. The van der Waals surface area contributed by atoms with Crippen LogP contribution in [0.3, 0.4) is 0 Å². The van der Waals surface area contributed by atoms with E-state index in [2.05, 4.69) is 183 Å². The number of hydrogen-bond acceptors (Lipinski definition) is 3. The molecular formula is C54H31N5S. The van der Waals surface area contributed by atoms with Gasteiger partial charge in [0.15, 0.2) is 0 Å². The predicted molar refractivity (Wildman–Crippen MR) is 251 cm³/mol. The summed E-state index contributed by atoms with van der Waals surface area (Å²) in [6.45, 7) is 8.67. The van der Waals surface area contributed by atoms with Crippen LogP contribution >= 0.6 is 11.3 Å². The summed E-state index contributed by atoms with van der Waals surface area (Å²) in [7, 11) is 0. The Morgan fingerprint density at radius 3 is 1.88 bits per heavy atom. The summed E-state index contributed by atoms with van der Waals surface area (Å²) < 4.78 is 6.79. The summed E-state index contributed by atoms with van der Waals surface area (Å²) in [4.78, 5) is 6.49. The third kappa shape index (κ3) is 4.96. The molecule has 0 amide bonds. The maximum Gasteiger partial charge on any atom is 0.212 e. The van der Waals surface area contributed by atoms with Crippen LogP contribution in [0.2, 0.25) is 0 Å². The van der Waals surface area contributed by atoms with Crippen molar-refractivity contribution in [3.8, 4) is 17.4 Å². The van der Waals surface area contributed by atoms with E-state index in [1.54, 1.807) is 11.3 Å². The van der Waals surface area contributed by atoms with E-state index in [-0.39, 0.29) is 0 Å². The lowest BCUT2D eigenvalue weighted by atomic mass is 10.0. The minimum absolute atomic E-state index is 0.462. The Morgan fingerprint density at radius 1 is 0.467 bits per heavy atom. The Bertz CT molecular complexity index is 3760. The first kappa shape index (κ1) is 33.9. The molecule has 0 aliphatic rings. The van der Waals surface area contributed by atoms with E-state index in [1.165, 1.54) is 20.2 Å². The van der Waals surface area contributed by atoms with Crippen molar-refractivity contribution in [2.24, 2.45) is 0 Å². The molecule has 0 atom stereocenters. The fourth-order valence-electron chi connectivity index (χ4n) is 9.33. The highest BCUT2D eigenvalue weighted by molar-refractivity contribution is 7.25. The number of thiophene rings is 1. The topological polar surface area (TPSA) is 41.2 Å². The molecule has 278 valence electrons. The number of fused-ring (bicyclic) bond motifs is 11. The minimum atomic E-state index is 0.462. The van der Waals surface area contributed by atoms with Gasteiger partial charge in [-0.3, -0.25) is 0 Å².